The Kier molecular flexibility index (Phi) is 4.63. The summed E-state index contributed by atoms with van der Waals surface area (Å²) in [4.78, 5) is 7.94. The van der Waals surface area contributed by atoms with E-state index in [1.54, 1.807) is 7.05 Å². The summed E-state index contributed by atoms with van der Waals surface area (Å²) in [6, 6.07) is 0.381. The van der Waals surface area contributed by atoms with Crippen molar-refractivity contribution in [2.24, 2.45) is 16.3 Å². The molecule has 1 aromatic rings. The van der Waals surface area contributed by atoms with E-state index in [-0.39, 0.29) is 5.41 Å². The van der Waals surface area contributed by atoms with Crippen molar-refractivity contribution < 1.29 is 17.9 Å². The molecular formula is C17H23F3N4OS. The standard InChI is InChI=1S/C17H23F3N4OS/c1-21-15(22-7-3-12-23-11(9-26-12)17(18,19)20)24-13-10-4-8-25-14(10)16(13)5-2-6-16/h9-10,13-14H,2-8H2,1H3,(H2,21,22,24). The highest BCUT2D eigenvalue weighted by Crippen LogP contribution is 2.62. The number of hydrogen-bond acceptors (Lipinski definition) is 4. The SMILES string of the molecule is CN=C(NCCc1nc(C(F)(F)F)cs1)NC1C2CCOC2C12CCC2. The zero-order valence-corrected chi connectivity index (χ0v) is 15.4. The molecule has 0 radical (unpaired) electrons. The van der Waals surface area contributed by atoms with Crippen molar-refractivity contribution in [2.75, 3.05) is 20.2 Å². The minimum absolute atomic E-state index is 0.260. The van der Waals surface area contributed by atoms with Crippen molar-refractivity contribution in [1.82, 2.24) is 15.6 Å². The molecule has 5 nitrogen and oxygen atoms in total. The third kappa shape index (κ3) is 2.98. The number of guanidine groups is 1. The molecule has 1 aromatic heterocycles. The lowest BCUT2D eigenvalue weighted by Gasteiger charge is -2.63. The van der Waals surface area contributed by atoms with Crippen LogP contribution in [0.2, 0.25) is 0 Å². The van der Waals surface area contributed by atoms with Gasteiger partial charge in [-0.15, -0.1) is 11.3 Å². The first-order valence-corrected chi connectivity index (χ1v) is 9.92. The zero-order valence-electron chi connectivity index (χ0n) is 14.6. The summed E-state index contributed by atoms with van der Waals surface area (Å²) in [5, 5.41) is 8.30. The Bertz CT molecular complexity index is 686. The van der Waals surface area contributed by atoms with Crippen LogP contribution in [0.5, 0.6) is 0 Å². The van der Waals surface area contributed by atoms with Crippen LogP contribution in [0.3, 0.4) is 0 Å². The van der Waals surface area contributed by atoms with Gasteiger partial charge in [0.05, 0.1) is 11.1 Å². The number of ether oxygens (including phenoxy) is 1. The van der Waals surface area contributed by atoms with Crippen LogP contribution in [0.1, 0.15) is 36.4 Å². The van der Waals surface area contributed by atoms with Gasteiger partial charge in [0.2, 0.25) is 0 Å². The third-order valence-corrected chi connectivity index (χ3v) is 6.93. The second kappa shape index (κ2) is 6.67. The van der Waals surface area contributed by atoms with Crippen LogP contribution in [0.15, 0.2) is 10.4 Å². The number of rotatable bonds is 4. The van der Waals surface area contributed by atoms with Gasteiger partial charge >= 0.3 is 6.18 Å². The summed E-state index contributed by atoms with van der Waals surface area (Å²) in [5.74, 6) is 1.25. The Morgan fingerprint density at radius 3 is 2.88 bits per heavy atom. The average Bonchev–Trinajstić information content (AvgIpc) is 3.17. The van der Waals surface area contributed by atoms with E-state index in [0.717, 1.165) is 29.7 Å². The van der Waals surface area contributed by atoms with Gasteiger partial charge in [-0.2, -0.15) is 13.2 Å². The van der Waals surface area contributed by atoms with E-state index >= 15 is 0 Å². The van der Waals surface area contributed by atoms with Crippen molar-refractivity contribution >= 4 is 17.3 Å². The lowest BCUT2D eigenvalue weighted by atomic mass is 9.46. The Labute approximate surface area is 154 Å². The number of alkyl halides is 3. The van der Waals surface area contributed by atoms with Crippen molar-refractivity contribution in [3.05, 3.63) is 16.1 Å². The highest BCUT2D eigenvalue weighted by atomic mass is 32.1. The molecule has 0 amide bonds. The molecular weight excluding hydrogens is 365 g/mol. The van der Waals surface area contributed by atoms with E-state index < -0.39 is 11.9 Å². The normalized spacial score (nSPS) is 29.8. The molecule has 4 rings (SSSR count). The summed E-state index contributed by atoms with van der Waals surface area (Å²) < 4.78 is 43.7. The molecule has 0 bridgehead atoms. The van der Waals surface area contributed by atoms with E-state index in [1.165, 1.54) is 19.3 Å². The predicted octanol–water partition coefficient (Wildman–Crippen LogP) is 2.83. The zero-order chi connectivity index (χ0) is 18.4. The molecule has 9 heteroatoms. The van der Waals surface area contributed by atoms with Gasteiger partial charge in [0.1, 0.15) is 0 Å². The topological polar surface area (TPSA) is 58.5 Å². The van der Waals surface area contributed by atoms with Crippen LogP contribution in [-0.2, 0) is 17.3 Å². The lowest BCUT2D eigenvalue weighted by molar-refractivity contribution is -0.171. The van der Waals surface area contributed by atoms with E-state index in [1.807, 2.05) is 0 Å². The van der Waals surface area contributed by atoms with Gasteiger partial charge < -0.3 is 15.4 Å². The van der Waals surface area contributed by atoms with E-state index in [2.05, 4.69) is 20.6 Å². The maximum Gasteiger partial charge on any atom is 0.434 e. The Morgan fingerprint density at radius 2 is 2.27 bits per heavy atom. The summed E-state index contributed by atoms with van der Waals surface area (Å²) in [6.07, 6.45) is 1.18. The maximum atomic E-state index is 12.6. The number of nitrogens with zero attached hydrogens (tertiary/aromatic N) is 2. The van der Waals surface area contributed by atoms with Crippen LogP contribution >= 0.6 is 11.3 Å². The first kappa shape index (κ1) is 18.0. The van der Waals surface area contributed by atoms with Crippen LogP contribution < -0.4 is 10.6 Å². The highest BCUT2D eigenvalue weighted by molar-refractivity contribution is 7.09. The predicted molar refractivity (Wildman–Crippen MR) is 93.2 cm³/mol. The molecule has 2 heterocycles. The van der Waals surface area contributed by atoms with Crippen LogP contribution in [-0.4, -0.2) is 43.3 Å². The Balaban J connectivity index is 1.30. The molecule has 0 aromatic carbocycles. The van der Waals surface area contributed by atoms with Crippen molar-refractivity contribution in [3.8, 4) is 0 Å². The van der Waals surface area contributed by atoms with Gasteiger partial charge in [-0.1, -0.05) is 6.42 Å². The van der Waals surface area contributed by atoms with Gasteiger partial charge in [-0.25, -0.2) is 4.98 Å². The lowest BCUT2D eigenvalue weighted by Crippen LogP contribution is -2.72. The molecule has 1 aliphatic heterocycles. The molecule has 1 spiro atoms. The highest BCUT2D eigenvalue weighted by Gasteiger charge is 2.66. The number of aromatic nitrogens is 1. The Morgan fingerprint density at radius 1 is 1.46 bits per heavy atom. The van der Waals surface area contributed by atoms with Gasteiger partial charge in [0.25, 0.3) is 0 Å². The minimum atomic E-state index is -4.37. The molecule has 1 saturated heterocycles. The molecule has 3 aliphatic rings. The minimum Gasteiger partial charge on any atom is -0.377 e. The smallest absolute Gasteiger partial charge is 0.377 e. The number of nitrogens with one attached hydrogen (secondary N) is 2. The summed E-state index contributed by atoms with van der Waals surface area (Å²) in [7, 11) is 1.72. The summed E-state index contributed by atoms with van der Waals surface area (Å²) in [6.45, 7) is 1.33. The molecule has 2 N–H and O–H groups in total. The monoisotopic (exact) mass is 388 g/mol. The summed E-state index contributed by atoms with van der Waals surface area (Å²) in [5.41, 5.74) is -0.552. The number of fused-ring (bicyclic) bond motifs is 2. The van der Waals surface area contributed by atoms with E-state index in [9.17, 15) is 13.2 Å². The molecule has 2 aliphatic carbocycles. The quantitative estimate of drug-likeness (QED) is 0.615. The largest absolute Gasteiger partial charge is 0.434 e. The van der Waals surface area contributed by atoms with Crippen molar-refractivity contribution in [1.29, 1.82) is 0 Å². The fourth-order valence-electron chi connectivity index (χ4n) is 4.64. The molecule has 3 unspecified atom stereocenters. The number of thiazole rings is 1. The van der Waals surface area contributed by atoms with Gasteiger partial charge in [0, 0.05) is 49.4 Å². The van der Waals surface area contributed by atoms with Gasteiger partial charge in [-0.3, -0.25) is 4.99 Å². The molecule has 144 valence electrons. The fraction of sp³-hybridized carbons (Fsp3) is 0.765. The summed E-state index contributed by atoms with van der Waals surface area (Å²) >= 11 is 1.04. The van der Waals surface area contributed by atoms with Crippen LogP contribution in [0.4, 0.5) is 13.2 Å². The first-order valence-electron chi connectivity index (χ1n) is 9.04. The van der Waals surface area contributed by atoms with Crippen molar-refractivity contribution in [2.45, 2.75) is 50.4 Å². The Hall–Kier alpha value is -1.35. The maximum absolute atomic E-state index is 12.6. The number of aliphatic imine (C=N–C) groups is 1. The van der Waals surface area contributed by atoms with Gasteiger partial charge in [-0.05, 0) is 19.3 Å². The van der Waals surface area contributed by atoms with E-state index in [4.69, 9.17) is 4.74 Å². The number of hydrogen-bond donors (Lipinski definition) is 2. The molecule has 26 heavy (non-hydrogen) atoms. The van der Waals surface area contributed by atoms with Crippen molar-refractivity contribution in [3.63, 3.8) is 0 Å². The van der Waals surface area contributed by atoms with Gasteiger partial charge in [0.15, 0.2) is 11.7 Å². The number of halogens is 3. The molecule has 3 atom stereocenters. The second-order valence-electron chi connectivity index (χ2n) is 7.33. The average molecular weight is 388 g/mol. The molecule has 3 fully saturated rings. The fourth-order valence-corrected chi connectivity index (χ4v) is 5.45. The third-order valence-electron chi connectivity index (χ3n) is 6.03. The van der Waals surface area contributed by atoms with E-state index in [0.29, 0.717) is 42.0 Å². The second-order valence-corrected chi connectivity index (χ2v) is 8.27. The van der Waals surface area contributed by atoms with Crippen LogP contribution in [0.25, 0.3) is 0 Å². The first-order chi connectivity index (χ1) is 12.4. The van der Waals surface area contributed by atoms with Crippen LogP contribution in [0, 0.1) is 11.3 Å². The molecule has 2 saturated carbocycles.